The Morgan fingerprint density at radius 1 is 0.809 bits per heavy atom. The van der Waals surface area contributed by atoms with E-state index in [9.17, 15) is 19.5 Å². The number of nitrogens with zero attached hydrogens (tertiary/aromatic N) is 3. The van der Waals surface area contributed by atoms with Crippen LogP contribution in [0.2, 0.25) is 0 Å². The van der Waals surface area contributed by atoms with Crippen molar-refractivity contribution >= 4 is 41.5 Å². The number of hydrogen-bond acceptors (Lipinski definition) is 14. The molecule has 0 unspecified atom stereocenters. The zero-order valence-electron chi connectivity index (χ0n) is 37.4. The SMILES string of the molecule is COCCOC(=O)N1C(=O)[C@@]2(c3cc(C#CCC(C(=O)OC)C(=O)OC)ccc31)[C@H](c1ccc(O)cc1)N1[C@H](c3ccccc3)[C@H](c3ccccc3)OC(=O)[C@H]1[C@@H]2C(=O)NCCc1ccccn1. The van der Waals surface area contributed by atoms with E-state index in [1.807, 2.05) is 77.7 Å². The van der Waals surface area contributed by atoms with Crippen LogP contribution in [0.1, 0.15) is 58.1 Å². The summed E-state index contributed by atoms with van der Waals surface area (Å²) in [5, 5.41) is 13.7. The van der Waals surface area contributed by atoms with Gasteiger partial charge < -0.3 is 34.1 Å². The number of esters is 3. The van der Waals surface area contributed by atoms with Gasteiger partial charge in [-0.15, -0.1) is 0 Å². The molecule has 1 spiro atoms. The number of aromatic nitrogens is 1. The van der Waals surface area contributed by atoms with Gasteiger partial charge in [0.2, 0.25) is 11.8 Å². The minimum absolute atomic E-state index is 0.0111. The van der Waals surface area contributed by atoms with Crippen molar-refractivity contribution in [2.45, 2.75) is 42.5 Å². The zero-order chi connectivity index (χ0) is 48.0. The summed E-state index contributed by atoms with van der Waals surface area (Å²) in [6.07, 6.45) is -0.386. The molecule has 16 heteroatoms. The third-order valence-electron chi connectivity index (χ3n) is 12.6. The highest BCUT2D eigenvalue weighted by Gasteiger charge is 2.75. The molecule has 16 nitrogen and oxygen atoms in total. The highest BCUT2D eigenvalue weighted by molar-refractivity contribution is 6.23. The first-order valence-electron chi connectivity index (χ1n) is 21.9. The lowest BCUT2D eigenvalue weighted by molar-refractivity contribution is -0.178. The highest BCUT2D eigenvalue weighted by atomic mass is 16.6. The number of fused-ring (bicyclic) bond motifs is 3. The van der Waals surface area contributed by atoms with Crippen molar-refractivity contribution < 1.29 is 57.6 Å². The maximum absolute atomic E-state index is 16.2. The lowest BCUT2D eigenvalue weighted by atomic mass is 9.65. The number of rotatable bonds is 13. The van der Waals surface area contributed by atoms with Gasteiger partial charge in [0.15, 0.2) is 5.92 Å². The number of benzene rings is 4. The monoisotopic (exact) mass is 920 g/mol. The molecular formula is C52H48N4O12. The van der Waals surface area contributed by atoms with Crippen LogP contribution < -0.4 is 10.2 Å². The molecule has 2 N–H and O–H groups in total. The van der Waals surface area contributed by atoms with Crippen molar-refractivity contribution in [1.82, 2.24) is 15.2 Å². The summed E-state index contributed by atoms with van der Waals surface area (Å²) in [7, 11) is 3.71. The molecule has 68 heavy (non-hydrogen) atoms. The van der Waals surface area contributed by atoms with E-state index in [0.29, 0.717) is 28.8 Å². The van der Waals surface area contributed by atoms with E-state index in [1.165, 1.54) is 25.3 Å². The Morgan fingerprint density at radius 2 is 1.49 bits per heavy atom. The number of nitrogens with one attached hydrogen (secondary N) is 1. The average molecular weight is 921 g/mol. The van der Waals surface area contributed by atoms with E-state index < -0.39 is 77.3 Å². The smallest absolute Gasteiger partial charge is 0.421 e. The molecule has 2 saturated heterocycles. The van der Waals surface area contributed by atoms with Gasteiger partial charge in [0.05, 0.1) is 44.5 Å². The Labute approximate surface area is 392 Å². The number of aromatic hydroxyl groups is 1. The fraction of sp³-hybridized carbons (Fsp3) is 0.288. The molecule has 3 amide bonds. The zero-order valence-corrected chi connectivity index (χ0v) is 37.4. The number of carbonyl (C=O) groups is 6. The quantitative estimate of drug-likeness (QED) is 0.0507. The van der Waals surface area contributed by atoms with Gasteiger partial charge in [0.1, 0.15) is 29.9 Å². The number of phenolic OH excluding ortho intramolecular Hbond substituents is 1. The molecule has 1 aromatic heterocycles. The molecule has 5 aromatic rings. The molecule has 0 radical (unpaired) electrons. The summed E-state index contributed by atoms with van der Waals surface area (Å²) >= 11 is 0. The largest absolute Gasteiger partial charge is 0.508 e. The van der Waals surface area contributed by atoms with Gasteiger partial charge in [-0.1, -0.05) is 90.7 Å². The van der Waals surface area contributed by atoms with Crippen LogP contribution >= 0.6 is 0 Å². The molecular weight excluding hydrogens is 873 g/mol. The fourth-order valence-corrected chi connectivity index (χ4v) is 9.67. The normalized spacial score (nSPS) is 21.5. The summed E-state index contributed by atoms with van der Waals surface area (Å²) in [6, 6.07) is 31.1. The van der Waals surface area contributed by atoms with Gasteiger partial charge in [-0.25, -0.2) is 9.69 Å². The number of pyridine rings is 1. The standard InChI is InChI=1S/C52H48N4O12/c1-64-29-30-67-51(63)55-40-25-20-32(13-12-19-38(47(59)65-2)48(60)66-3)31-39(40)52(50(55)62)41(46(58)54-28-26-36-18-10-11-27-53-36)43-49(61)68-44(34-16-8-5-9-17-34)42(33-14-6-4-7-15-33)56(43)45(52)35-21-23-37(57)24-22-35/h4-11,14-18,20-25,27,31,38,41-45,57H,19,26,28-30H2,1-3H3,(H,54,58)/t41-,42-,43-,44+,45+,52-/m1/s1. The second-order valence-electron chi connectivity index (χ2n) is 16.3. The third kappa shape index (κ3) is 8.65. The first kappa shape index (κ1) is 46.7. The average Bonchev–Trinajstić information content (AvgIpc) is 3.82. The van der Waals surface area contributed by atoms with Crippen LogP contribution in [0.15, 0.2) is 128 Å². The Kier molecular flexibility index (Phi) is 13.9. The van der Waals surface area contributed by atoms with Crippen LogP contribution in [0, 0.1) is 23.7 Å². The Morgan fingerprint density at radius 3 is 2.13 bits per heavy atom. The number of imide groups is 1. The Bertz CT molecular complexity index is 2730. The van der Waals surface area contributed by atoms with Crippen molar-refractivity contribution in [2.24, 2.45) is 11.8 Å². The summed E-state index contributed by atoms with van der Waals surface area (Å²) in [5.41, 5.74) is 0.791. The highest BCUT2D eigenvalue weighted by Crippen LogP contribution is 2.66. The summed E-state index contributed by atoms with van der Waals surface area (Å²) in [6.45, 7) is -0.155. The van der Waals surface area contributed by atoms with E-state index in [0.717, 1.165) is 19.1 Å². The van der Waals surface area contributed by atoms with Crippen LogP contribution in [0.4, 0.5) is 10.5 Å². The van der Waals surface area contributed by atoms with Crippen LogP contribution in [0.5, 0.6) is 5.75 Å². The lowest BCUT2D eigenvalue weighted by Crippen LogP contribution is -2.56. The topological polar surface area (TPSA) is 200 Å². The molecule has 8 rings (SSSR count). The van der Waals surface area contributed by atoms with Crippen LogP contribution in [0.25, 0.3) is 0 Å². The lowest BCUT2D eigenvalue weighted by Gasteiger charge is -2.46. The first-order valence-corrected chi connectivity index (χ1v) is 21.9. The van der Waals surface area contributed by atoms with E-state index >= 15 is 14.4 Å². The van der Waals surface area contributed by atoms with Gasteiger partial charge in [0.25, 0.3) is 0 Å². The first-order chi connectivity index (χ1) is 33.0. The predicted octanol–water partition coefficient (Wildman–Crippen LogP) is 5.30. The van der Waals surface area contributed by atoms with Gasteiger partial charge in [-0.2, -0.15) is 0 Å². The number of methoxy groups -OCH3 is 3. The van der Waals surface area contributed by atoms with Crippen molar-refractivity contribution in [3.63, 3.8) is 0 Å². The van der Waals surface area contributed by atoms with Crippen molar-refractivity contribution in [3.05, 3.63) is 161 Å². The molecule has 4 aromatic carbocycles. The fourth-order valence-electron chi connectivity index (χ4n) is 9.67. The van der Waals surface area contributed by atoms with Gasteiger partial charge >= 0.3 is 24.0 Å². The van der Waals surface area contributed by atoms with Gasteiger partial charge in [-0.05, 0) is 64.7 Å². The second-order valence-corrected chi connectivity index (χ2v) is 16.3. The molecule has 0 bridgehead atoms. The van der Waals surface area contributed by atoms with Crippen LogP contribution in [-0.2, 0) is 59.5 Å². The Balaban J connectivity index is 1.40. The molecule has 4 heterocycles. The van der Waals surface area contributed by atoms with E-state index in [4.69, 9.17) is 23.7 Å². The molecule has 6 atom stereocenters. The maximum Gasteiger partial charge on any atom is 0.421 e. The molecule has 0 saturated carbocycles. The minimum Gasteiger partial charge on any atom is -0.508 e. The second kappa shape index (κ2) is 20.3. The minimum atomic E-state index is -2.14. The van der Waals surface area contributed by atoms with E-state index in [1.54, 1.807) is 36.5 Å². The van der Waals surface area contributed by atoms with Gasteiger partial charge in [0, 0.05) is 44.0 Å². The number of hydrogen-bond donors (Lipinski definition) is 2. The van der Waals surface area contributed by atoms with Crippen molar-refractivity contribution in [2.75, 3.05) is 46.0 Å². The van der Waals surface area contributed by atoms with Gasteiger partial charge in [-0.3, -0.25) is 33.9 Å². The van der Waals surface area contributed by atoms with Crippen molar-refractivity contribution in [1.29, 1.82) is 0 Å². The number of morpholine rings is 1. The summed E-state index contributed by atoms with van der Waals surface area (Å²) < 4.78 is 26.9. The molecule has 3 aliphatic heterocycles. The Hall–Kier alpha value is -7.87. The number of amides is 3. The van der Waals surface area contributed by atoms with E-state index in [-0.39, 0.29) is 48.7 Å². The number of anilines is 1. The van der Waals surface area contributed by atoms with Crippen LogP contribution in [-0.4, -0.2) is 97.9 Å². The molecule has 3 aliphatic rings. The van der Waals surface area contributed by atoms with Crippen LogP contribution in [0.3, 0.4) is 0 Å². The summed E-state index contributed by atoms with van der Waals surface area (Å²) in [5.74, 6) is -1.25. The molecule has 0 aliphatic carbocycles. The van der Waals surface area contributed by atoms with E-state index in [2.05, 4.69) is 22.1 Å². The number of cyclic esters (lactones) is 1. The number of phenols is 1. The predicted molar refractivity (Wildman–Crippen MR) is 243 cm³/mol. The molecule has 348 valence electrons. The van der Waals surface area contributed by atoms with Crippen molar-refractivity contribution in [3.8, 4) is 17.6 Å². The molecule has 2 fully saturated rings. The number of carbonyl (C=O) groups excluding carboxylic acids is 6. The third-order valence-corrected chi connectivity index (χ3v) is 12.6. The number of ether oxygens (including phenoxy) is 5. The maximum atomic E-state index is 16.2. The summed E-state index contributed by atoms with van der Waals surface area (Å²) in [4.78, 5) is 93.7.